The quantitative estimate of drug-likeness (QED) is 0.641. The zero-order valence-electron chi connectivity index (χ0n) is 8.13. The Morgan fingerprint density at radius 2 is 1.62 bits per heavy atom. The maximum atomic E-state index is 9.83. The normalized spacial score (nSPS) is 14.9. The SMILES string of the molecule is OC(CCBr)C(O)c1cc(Cl)c(Cl)c(Cl)c1. The molecule has 0 aliphatic rings. The Kier molecular flexibility index (Phi) is 5.85. The number of aliphatic hydroxyl groups is 2. The minimum Gasteiger partial charge on any atom is -0.390 e. The molecule has 90 valence electrons. The van der Waals surface area contributed by atoms with Gasteiger partial charge in [0.2, 0.25) is 0 Å². The molecule has 0 saturated heterocycles. The van der Waals surface area contributed by atoms with E-state index in [0.29, 0.717) is 17.3 Å². The largest absolute Gasteiger partial charge is 0.390 e. The van der Waals surface area contributed by atoms with Crippen LogP contribution in [0.5, 0.6) is 0 Å². The first-order valence-electron chi connectivity index (χ1n) is 4.54. The summed E-state index contributed by atoms with van der Waals surface area (Å²) in [5, 5.41) is 20.8. The Bertz CT molecular complexity index is 350. The van der Waals surface area contributed by atoms with E-state index in [-0.39, 0.29) is 15.1 Å². The van der Waals surface area contributed by atoms with Crippen LogP contribution in [0.2, 0.25) is 15.1 Å². The third-order valence-electron chi connectivity index (χ3n) is 2.12. The van der Waals surface area contributed by atoms with Crippen molar-refractivity contribution in [1.82, 2.24) is 0 Å². The molecule has 0 aliphatic carbocycles. The molecule has 1 aromatic carbocycles. The second-order valence-corrected chi connectivity index (χ2v) is 5.27. The Balaban J connectivity index is 2.96. The molecule has 2 nitrogen and oxygen atoms in total. The maximum Gasteiger partial charge on any atom is 0.105 e. The van der Waals surface area contributed by atoms with Crippen molar-refractivity contribution in [3.05, 3.63) is 32.8 Å². The summed E-state index contributed by atoms with van der Waals surface area (Å²) in [5.41, 5.74) is 0.452. The molecule has 2 atom stereocenters. The van der Waals surface area contributed by atoms with Crippen LogP contribution in [0.4, 0.5) is 0 Å². The van der Waals surface area contributed by atoms with Crippen LogP contribution in [0, 0.1) is 0 Å². The lowest BCUT2D eigenvalue weighted by molar-refractivity contribution is 0.0174. The molecule has 1 rings (SSSR count). The van der Waals surface area contributed by atoms with Crippen molar-refractivity contribution >= 4 is 50.7 Å². The number of halogens is 4. The fourth-order valence-corrected chi connectivity index (χ4v) is 2.32. The van der Waals surface area contributed by atoms with E-state index in [1.807, 2.05) is 0 Å². The molecule has 0 aromatic heterocycles. The first-order chi connectivity index (χ1) is 7.47. The van der Waals surface area contributed by atoms with Crippen LogP contribution < -0.4 is 0 Å². The van der Waals surface area contributed by atoms with Gasteiger partial charge in [-0.1, -0.05) is 50.7 Å². The predicted octanol–water partition coefficient (Wildman–Crippen LogP) is 3.83. The van der Waals surface area contributed by atoms with Gasteiger partial charge in [0, 0.05) is 5.33 Å². The molecular weight excluding hydrogens is 338 g/mol. The summed E-state index contributed by atoms with van der Waals surface area (Å²) in [5.74, 6) is 0. The monoisotopic (exact) mass is 346 g/mol. The van der Waals surface area contributed by atoms with Crippen LogP contribution in [0.25, 0.3) is 0 Å². The number of benzene rings is 1. The van der Waals surface area contributed by atoms with E-state index in [1.165, 1.54) is 12.1 Å². The summed E-state index contributed by atoms with van der Waals surface area (Å²) < 4.78 is 0. The molecule has 0 bridgehead atoms. The van der Waals surface area contributed by atoms with E-state index in [0.717, 1.165) is 0 Å². The average molecular weight is 348 g/mol. The molecule has 16 heavy (non-hydrogen) atoms. The molecule has 0 heterocycles. The molecule has 0 amide bonds. The number of aliphatic hydroxyl groups excluding tert-OH is 2. The standard InChI is InChI=1S/C10H10BrCl3O2/c11-2-1-8(15)10(16)5-3-6(12)9(14)7(13)4-5/h3-4,8,10,15-16H,1-2H2. The van der Waals surface area contributed by atoms with Crippen molar-refractivity contribution in [3.8, 4) is 0 Å². The first-order valence-corrected chi connectivity index (χ1v) is 6.79. The molecule has 6 heteroatoms. The Morgan fingerprint density at radius 1 is 1.12 bits per heavy atom. The molecule has 2 unspecified atom stereocenters. The molecule has 0 radical (unpaired) electrons. The highest BCUT2D eigenvalue weighted by Gasteiger charge is 2.19. The Hall–Kier alpha value is 0.490. The molecule has 0 saturated carbocycles. The number of alkyl halides is 1. The summed E-state index contributed by atoms with van der Waals surface area (Å²) >= 11 is 20.6. The molecule has 0 aliphatic heterocycles. The van der Waals surface area contributed by atoms with E-state index >= 15 is 0 Å². The Labute approximate surface area is 117 Å². The highest BCUT2D eigenvalue weighted by atomic mass is 79.9. The molecular formula is C10H10BrCl3O2. The number of rotatable bonds is 4. The average Bonchev–Trinajstić information content (AvgIpc) is 2.24. The van der Waals surface area contributed by atoms with Gasteiger partial charge in [0.05, 0.1) is 21.2 Å². The highest BCUT2D eigenvalue weighted by molar-refractivity contribution is 9.09. The first kappa shape index (κ1) is 14.6. The lowest BCUT2D eigenvalue weighted by atomic mass is 10.0. The van der Waals surface area contributed by atoms with Gasteiger partial charge in [0.25, 0.3) is 0 Å². The van der Waals surface area contributed by atoms with Gasteiger partial charge < -0.3 is 10.2 Å². The third-order valence-corrected chi connectivity index (χ3v) is 3.77. The van der Waals surface area contributed by atoms with Crippen LogP contribution in [-0.4, -0.2) is 21.6 Å². The van der Waals surface area contributed by atoms with Gasteiger partial charge in [-0.15, -0.1) is 0 Å². The zero-order valence-corrected chi connectivity index (χ0v) is 12.0. The van der Waals surface area contributed by atoms with Crippen molar-refractivity contribution in [1.29, 1.82) is 0 Å². The third kappa shape index (κ3) is 3.49. The molecule has 1 aromatic rings. The van der Waals surface area contributed by atoms with Crippen LogP contribution >= 0.6 is 50.7 Å². The maximum absolute atomic E-state index is 9.83. The van der Waals surface area contributed by atoms with Gasteiger partial charge >= 0.3 is 0 Å². The molecule has 0 spiro atoms. The molecule has 2 N–H and O–H groups in total. The van der Waals surface area contributed by atoms with E-state index < -0.39 is 12.2 Å². The minimum atomic E-state index is -1.02. The van der Waals surface area contributed by atoms with E-state index in [4.69, 9.17) is 34.8 Å². The van der Waals surface area contributed by atoms with Gasteiger partial charge in [-0.2, -0.15) is 0 Å². The lowest BCUT2D eigenvalue weighted by Crippen LogP contribution is -2.18. The van der Waals surface area contributed by atoms with Gasteiger partial charge in [-0.25, -0.2) is 0 Å². The van der Waals surface area contributed by atoms with Crippen LogP contribution in [0.15, 0.2) is 12.1 Å². The summed E-state index contributed by atoms with van der Waals surface area (Å²) in [4.78, 5) is 0. The van der Waals surface area contributed by atoms with Gasteiger partial charge in [-0.05, 0) is 24.1 Å². The van der Waals surface area contributed by atoms with Crippen LogP contribution in [0.3, 0.4) is 0 Å². The second-order valence-electron chi connectivity index (χ2n) is 3.29. The fraction of sp³-hybridized carbons (Fsp3) is 0.400. The number of hydrogen-bond donors (Lipinski definition) is 2. The van der Waals surface area contributed by atoms with E-state index in [9.17, 15) is 10.2 Å². The van der Waals surface area contributed by atoms with E-state index in [1.54, 1.807) is 0 Å². The Morgan fingerprint density at radius 3 is 2.06 bits per heavy atom. The zero-order chi connectivity index (χ0) is 12.3. The molecule has 0 fully saturated rings. The van der Waals surface area contributed by atoms with Gasteiger partial charge in [-0.3, -0.25) is 0 Å². The van der Waals surface area contributed by atoms with Crippen molar-refractivity contribution < 1.29 is 10.2 Å². The lowest BCUT2D eigenvalue weighted by Gasteiger charge is -2.18. The number of hydrogen-bond acceptors (Lipinski definition) is 2. The summed E-state index contributed by atoms with van der Waals surface area (Å²) in [6, 6.07) is 3.00. The van der Waals surface area contributed by atoms with Gasteiger partial charge in [0.15, 0.2) is 0 Å². The topological polar surface area (TPSA) is 40.5 Å². The summed E-state index contributed by atoms with van der Waals surface area (Å²) in [6.45, 7) is 0. The fourth-order valence-electron chi connectivity index (χ4n) is 1.24. The minimum absolute atomic E-state index is 0.245. The van der Waals surface area contributed by atoms with Crippen molar-refractivity contribution in [2.45, 2.75) is 18.6 Å². The van der Waals surface area contributed by atoms with Crippen LogP contribution in [0.1, 0.15) is 18.1 Å². The van der Waals surface area contributed by atoms with Crippen molar-refractivity contribution in [2.75, 3.05) is 5.33 Å². The van der Waals surface area contributed by atoms with Gasteiger partial charge in [0.1, 0.15) is 6.10 Å². The van der Waals surface area contributed by atoms with Crippen LogP contribution in [-0.2, 0) is 0 Å². The predicted molar refractivity (Wildman–Crippen MR) is 70.8 cm³/mol. The smallest absolute Gasteiger partial charge is 0.105 e. The summed E-state index contributed by atoms with van der Waals surface area (Å²) in [7, 11) is 0. The van der Waals surface area contributed by atoms with Crippen molar-refractivity contribution in [2.24, 2.45) is 0 Å². The highest BCUT2D eigenvalue weighted by Crippen LogP contribution is 2.34. The summed E-state index contributed by atoms with van der Waals surface area (Å²) in [6.07, 6.45) is -1.46. The van der Waals surface area contributed by atoms with Crippen molar-refractivity contribution in [3.63, 3.8) is 0 Å². The van der Waals surface area contributed by atoms with E-state index in [2.05, 4.69) is 15.9 Å². The second kappa shape index (κ2) is 6.43.